The van der Waals surface area contributed by atoms with E-state index in [0.29, 0.717) is 23.2 Å². The number of thioether (sulfide) groups is 1. The number of tetrazole rings is 1. The summed E-state index contributed by atoms with van der Waals surface area (Å²) in [5.41, 5.74) is 0.910. The number of nitrogens with zero attached hydrogens (tertiary/aromatic N) is 4. The first-order valence-electron chi connectivity index (χ1n) is 9.26. The Hall–Kier alpha value is -1.94. The zero-order valence-corrected chi connectivity index (χ0v) is 17.9. The van der Waals surface area contributed by atoms with Crippen molar-refractivity contribution in [2.24, 2.45) is 0 Å². The second-order valence-corrected chi connectivity index (χ2v) is 10.0. The average Bonchev–Trinajstić information content (AvgIpc) is 3.46. The summed E-state index contributed by atoms with van der Waals surface area (Å²) in [7, 11) is -3.68. The molecule has 1 saturated carbocycles. The van der Waals surface area contributed by atoms with Crippen molar-refractivity contribution in [2.45, 2.75) is 41.4 Å². The molecule has 0 bridgehead atoms. The number of halogens is 1. The normalized spacial score (nSPS) is 15.3. The predicted octanol–water partition coefficient (Wildman–Crippen LogP) is 3.86. The summed E-state index contributed by atoms with van der Waals surface area (Å²) >= 11 is 7.43. The van der Waals surface area contributed by atoms with Crippen LogP contribution in [-0.2, 0) is 10.0 Å². The van der Waals surface area contributed by atoms with E-state index in [-0.39, 0.29) is 10.9 Å². The highest BCUT2D eigenvalue weighted by atomic mass is 35.5. The molecule has 2 aromatic carbocycles. The molecule has 1 heterocycles. The van der Waals surface area contributed by atoms with Crippen molar-refractivity contribution < 1.29 is 8.42 Å². The van der Waals surface area contributed by atoms with E-state index in [1.54, 1.807) is 23.9 Å². The lowest BCUT2D eigenvalue weighted by atomic mass is 10.1. The maximum Gasteiger partial charge on any atom is 0.241 e. The highest BCUT2D eigenvalue weighted by Gasteiger charge is 2.28. The van der Waals surface area contributed by atoms with Crippen LogP contribution in [0.25, 0.3) is 0 Å². The van der Waals surface area contributed by atoms with Crippen LogP contribution in [0.1, 0.15) is 36.9 Å². The first-order valence-corrected chi connectivity index (χ1v) is 12.1. The molecule has 0 saturated heterocycles. The summed E-state index contributed by atoms with van der Waals surface area (Å²) in [5, 5.41) is 13.2. The van der Waals surface area contributed by atoms with Gasteiger partial charge < -0.3 is 0 Å². The predicted molar refractivity (Wildman–Crippen MR) is 112 cm³/mol. The van der Waals surface area contributed by atoms with Crippen LogP contribution in [0.4, 0.5) is 0 Å². The SMILES string of the molecule is O=S(=O)(N[C@@H](CCSc1nnnn1C1CC1)c1ccccc1)c1ccc(Cl)cc1. The van der Waals surface area contributed by atoms with Crippen molar-refractivity contribution in [3.63, 3.8) is 0 Å². The second-order valence-electron chi connectivity index (χ2n) is 6.81. The van der Waals surface area contributed by atoms with Gasteiger partial charge in [0.15, 0.2) is 0 Å². The molecule has 1 aliphatic carbocycles. The molecule has 10 heteroatoms. The summed E-state index contributed by atoms with van der Waals surface area (Å²) < 4.78 is 30.4. The van der Waals surface area contributed by atoms with Gasteiger partial charge in [0.05, 0.1) is 10.9 Å². The van der Waals surface area contributed by atoms with Crippen molar-refractivity contribution in [3.8, 4) is 0 Å². The summed E-state index contributed by atoms with van der Waals surface area (Å²) in [6.07, 6.45) is 2.80. The number of rotatable bonds is 9. The van der Waals surface area contributed by atoms with Gasteiger partial charge in [-0.2, -0.15) is 0 Å². The van der Waals surface area contributed by atoms with Crippen molar-refractivity contribution in [2.75, 3.05) is 5.75 Å². The van der Waals surface area contributed by atoms with Crippen LogP contribution in [0.2, 0.25) is 5.02 Å². The fourth-order valence-corrected chi connectivity index (χ4v) is 5.28. The molecule has 1 aromatic heterocycles. The summed E-state index contributed by atoms with van der Waals surface area (Å²) in [5.74, 6) is 0.676. The standard InChI is InChI=1S/C19H20ClN5O2S2/c20-15-6-10-17(11-7-15)29(26,27)22-18(14-4-2-1-3-5-14)12-13-28-19-21-23-24-25(19)16-8-9-16/h1-7,10-11,16,18,22H,8-9,12-13H2/t18-/m0/s1. The number of hydrogen-bond acceptors (Lipinski definition) is 6. The molecule has 4 rings (SSSR count). The van der Waals surface area contributed by atoms with E-state index >= 15 is 0 Å². The second kappa shape index (κ2) is 8.83. The molecule has 152 valence electrons. The Morgan fingerprint density at radius 2 is 1.86 bits per heavy atom. The van der Waals surface area contributed by atoms with Gasteiger partial charge in [-0.05, 0) is 59.5 Å². The summed E-state index contributed by atoms with van der Waals surface area (Å²) in [6, 6.07) is 15.8. The minimum absolute atomic E-state index is 0.188. The van der Waals surface area contributed by atoms with Crippen LogP contribution in [0.5, 0.6) is 0 Å². The first-order chi connectivity index (χ1) is 14.0. The fraction of sp³-hybridized carbons (Fsp3) is 0.316. The number of aromatic nitrogens is 4. The molecule has 3 aromatic rings. The molecule has 7 nitrogen and oxygen atoms in total. The van der Waals surface area contributed by atoms with Gasteiger partial charge in [-0.3, -0.25) is 0 Å². The van der Waals surface area contributed by atoms with Crippen LogP contribution in [0.3, 0.4) is 0 Å². The highest BCUT2D eigenvalue weighted by molar-refractivity contribution is 7.99. The largest absolute Gasteiger partial charge is 0.241 e. The number of hydrogen-bond donors (Lipinski definition) is 1. The molecule has 1 aliphatic rings. The van der Waals surface area contributed by atoms with E-state index in [1.165, 1.54) is 12.1 Å². The van der Waals surface area contributed by atoms with Gasteiger partial charge in [0.2, 0.25) is 15.2 Å². The van der Waals surface area contributed by atoms with E-state index < -0.39 is 10.0 Å². The Morgan fingerprint density at radius 3 is 2.55 bits per heavy atom. The van der Waals surface area contributed by atoms with Crippen LogP contribution in [0.15, 0.2) is 64.6 Å². The van der Waals surface area contributed by atoms with Crippen molar-refractivity contribution in [1.29, 1.82) is 0 Å². The van der Waals surface area contributed by atoms with E-state index in [2.05, 4.69) is 20.2 Å². The minimum Gasteiger partial charge on any atom is -0.217 e. The number of sulfonamides is 1. The Bertz CT molecular complexity index is 1050. The molecule has 0 aliphatic heterocycles. The molecule has 0 unspecified atom stereocenters. The third-order valence-corrected chi connectivity index (χ3v) is 7.32. The first kappa shape index (κ1) is 20.3. The molecule has 1 N–H and O–H groups in total. The molecule has 1 atom stereocenters. The Balaban J connectivity index is 1.48. The Kier molecular flexibility index (Phi) is 6.19. The van der Waals surface area contributed by atoms with Crippen LogP contribution in [0, 0.1) is 0 Å². The average molecular weight is 450 g/mol. The van der Waals surface area contributed by atoms with Crippen LogP contribution >= 0.6 is 23.4 Å². The van der Waals surface area contributed by atoms with Crippen molar-refractivity contribution in [3.05, 3.63) is 65.2 Å². The molecule has 1 fully saturated rings. The quantitative estimate of drug-likeness (QED) is 0.499. The molecule has 29 heavy (non-hydrogen) atoms. The van der Waals surface area contributed by atoms with E-state index in [1.807, 2.05) is 35.0 Å². The topological polar surface area (TPSA) is 89.8 Å². The Labute approximate surface area is 178 Å². The zero-order chi connectivity index (χ0) is 20.3. The molecular formula is C19H20ClN5O2S2. The lowest BCUT2D eigenvalue weighted by Gasteiger charge is -2.19. The number of benzene rings is 2. The zero-order valence-electron chi connectivity index (χ0n) is 15.5. The lowest BCUT2D eigenvalue weighted by Crippen LogP contribution is -2.29. The van der Waals surface area contributed by atoms with Gasteiger partial charge in [-0.25, -0.2) is 17.8 Å². The minimum atomic E-state index is -3.68. The lowest BCUT2D eigenvalue weighted by molar-refractivity contribution is 0.550. The van der Waals surface area contributed by atoms with Gasteiger partial charge in [0, 0.05) is 16.8 Å². The monoisotopic (exact) mass is 449 g/mol. The van der Waals surface area contributed by atoms with E-state index in [4.69, 9.17) is 11.6 Å². The molecule has 0 spiro atoms. The van der Waals surface area contributed by atoms with E-state index in [0.717, 1.165) is 23.6 Å². The maximum absolute atomic E-state index is 12.9. The van der Waals surface area contributed by atoms with E-state index in [9.17, 15) is 8.42 Å². The molecule has 0 amide bonds. The molecular weight excluding hydrogens is 430 g/mol. The van der Waals surface area contributed by atoms with Crippen molar-refractivity contribution >= 4 is 33.4 Å². The fourth-order valence-electron chi connectivity index (χ4n) is 2.94. The summed E-state index contributed by atoms with van der Waals surface area (Å²) in [4.78, 5) is 0.188. The molecule has 0 radical (unpaired) electrons. The van der Waals surface area contributed by atoms with Gasteiger partial charge in [0.1, 0.15) is 0 Å². The third kappa shape index (κ3) is 5.16. The third-order valence-electron chi connectivity index (χ3n) is 4.62. The Morgan fingerprint density at radius 1 is 1.14 bits per heavy atom. The number of nitrogens with one attached hydrogen (secondary N) is 1. The van der Waals surface area contributed by atoms with Gasteiger partial charge in [0.25, 0.3) is 0 Å². The smallest absolute Gasteiger partial charge is 0.217 e. The van der Waals surface area contributed by atoms with Gasteiger partial charge in [-0.1, -0.05) is 53.7 Å². The van der Waals surface area contributed by atoms with Crippen molar-refractivity contribution in [1.82, 2.24) is 24.9 Å². The summed E-state index contributed by atoms with van der Waals surface area (Å²) in [6.45, 7) is 0. The maximum atomic E-state index is 12.9. The highest BCUT2D eigenvalue weighted by Crippen LogP contribution is 2.36. The van der Waals surface area contributed by atoms with Gasteiger partial charge >= 0.3 is 0 Å². The van der Waals surface area contributed by atoms with Crippen LogP contribution < -0.4 is 4.72 Å². The van der Waals surface area contributed by atoms with Gasteiger partial charge in [-0.15, -0.1) is 5.10 Å². The van der Waals surface area contributed by atoms with Crippen LogP contribution in [-0.4, -0.2) is 34.4 Å².